The van der Waals surface area contributed by atoms with Crippen LogP contribution in [0.3, 0.4) is 0 Å². The van der Waals surface area contributed by atoms with Crippen molar-refractivity contribution in [1.29, 1.82) is 0 Å². The molecule has 0 atom stereocenters. The number of hydrogen-bond donors (Lipinski definition) is 1. The molecule has 0 radical (unpaired) electrons. The van der Waals surface area contributed by atoms with Gasteiger partial charge in [-0.2, -0.15) is 4.57 Å². The molecule has 0 aliphatic carbocycles. The summed E-state index contributed by atoms with van der Waals surface area (Å²) >= 11 is 0. The van der Waals surface area contributed by atoms with Gasteiger partial charge in [0, 0.05) is 13.1 Å². The molecule has 5 heteroatoms. The number of aryl methyl sites for hydroxylation is 1. The summed E-state index contributed by atoms with van der Waals surface area (Å²) in [5.74, 6) is 0. The second-order valence-corrected chi connectivity index (χ2v) is 7.93. The first kappa shape index (κ1) is 20.5. The van der Waals surface area contributed by atoms with Crippen molar-refractivity contribution in [3.05, 3.63) is 103 Å². The van der Waals surface area contributed by atoms with E-state index in [1.165, 1.54) is 0 Å². The fourth-order valence-corrected chi connectivity index (χ4v) is 4.29. The average molecular weight is 434 g/mol. The predicted molar refractivity (Wildman–Crippen MR) is 134 cm³/mol. The van der Waals surface area contributed by atoms with Crippen LogP contribution in [-0.2, 0) is 11.8 Å². The molecule has 0 fully saturated rings. The highest BCUT2D eigenvalue weighted by Gasteiger charge is 2.19. The molecule has 5 nitrogen and oxygen atoms in total. The molecule has 0 bridgehead atoms. The van der Waals surface area contributed by atoms with Gasteiger partial charge in [0.15, 0.2) is 11.0 Å². The number of benzene rings is 4. The Hall–Kier alpha value is -4.38. The third-order valence-electron chi connectivity index (χ3n) is 5.91. The van der Waals surface area contributed by atoms with Gasteiger partial charge in [-0.1, -0.05) is 54.6 Å². The largest absolute Gasteiger partial charge is 0.386 e. The first-order valence-electron chi connectivity index (χ1n) is 10.9. The van der Waals surface area contributed by atoms with Crippen LogP contribution in [0, 0.1) is 0 Å². The van der Waals surface area contributed by atoms with Gasteiger partial charge < -0.3 is 5.32 Å². The smallest absolute Gasteiger partial charge is 0.249 e. The number of imidazole rings is 1. The number of fused-ring (bicyclic) bond motifs is 1. The molecular formula is C28H25N4O+. The Morgan fingerprint density at radius 1 is 0.848 bits per heavy atom. The Bertz CT molecular complexity index is 1440. The Labute approximate surface area is 193 Å². The molecule has 0 aliphatic heterocycles. The fourth-order valence-electron chi connectivity index (χ4n) is 4.29. The monoisotopic (exact) mass is 433 g/mol. The van der Waals surface area contributed by atoms with E-state index in [9.17, 15) is 4.79 Å². The lowest BCUT2D eigenvalue weighted by molar-refractivity contribution is -0.645. The quantitative estimate of drug-likeness (QED) is 0.285. The van der Waals surface area contributed by atoms with E-state index < -0.39 is 0 Å². The first-order valence-corrected chi connectivity index (χ1v) is 10.9. The summed E-state index contributed by atoms with van der Waals surface area (Å²) in [5.41, 5.74) is 7.83. The van der Waals surface area contributed by atoms with Gasteiger partial charge in [0.2, 0.25) is 12.7 Å². The van der Waals surface area contributed by atoms with Crippen molar-refractivity contribution in [2.24, 2.45) is 7.05 Å². The lowest BCUT2D eigenvalue weighted by Crippen LogP contribution is -2.25. The van der Waals surface area contributed by atoms with Crippen LogP contribution in [0.1, 0.15) is 0 Å². The van der Waals surface area contributed by atoms with Crippen molar-refractivity contribution in [3.63, 3.8) is 0 Å². The van der Waals surface area contributed by atoms with Crippen LogP contribution in [0.15, 0.2) is 103 Å². The second-order valence-electron chi connectivity index (χ2n) is 7.93. The summed E-state index contributed by atoms with van der Waals surface area (Å²) in [6.07, 6.45) is 2.95. The molecule has 4 aromatic carbocycles. The van der Waals surface area contributed by atoms with Crippen molar-refractivity contribution in [2.45, 2.75) is 0 Å². The van der Waals surface area contributed by atoms with Crippen LogP contribution in [0.5, 0.6) is 0 Å². The standard InChI is InChI=1S/C28H25N4O/c1-29-25-12-6-7-13-26(25)32(20-33)24-17-22(21-10-4-3-5-11-21)16-23(18-24)31-19-30(2)27-14-8-9-15-28(27)31/h3-20,29H,1-2H3/q+1. The lowest BCUT2D eigenvalue weighted by atomic mass is 10.0. The van der Waals surface area contributed by atoms with E-state index in [0.717, 1.165) is 51.3 Å². The molecule has 0 saturated heterocycles. The summed E-state index contributed by atoms with van der Waals surface area (Å²) in [5, 5.41) is 3.19. The molecule has 1 amide bonds. The molecule has 33 heavy (non-hydrogen) atoms. The van der Waals surface area contributed by atoms with Crippen LogP contribution in [-0.4, -0.2) is 18.0 Å². The molecule has 162 valence electrons. The number of aromatic nitrogens is 2. The molecule has 0 spiro atoms. The predicted octanol–water partition coefficient (Wildman–Crippen LogP) is 5.46. The van der Waals surface area contributed by atoms with Crippen LogP contribution in [0.2, 0.25) is 0 Å². The molecule has 0 unspecified atom stereocenters. The number of amides is 1. The van der Waals surface area contributed by atoms with E-state index in [-0.39, 0.29) is 0 Å². The Morgan fingerprint density at radius 2 is 1.58 bits per heavy atom. The van der Waals surface area contributed by atoms with E-state index in [1.807, 2.05) is 68.7 Å². The summed E-state index contributed by atoms with van der Waals surface area (Å²) < 4.78 is 4.27. The van der Waals surface area contributed by atoms with Crippen LogP contribution >= 0.6 is 0 Å². The van der Waals surface area contributed by atoms with Crippen LogP contribution in [0.4, 0.5) is 17.1 Å². The van der Waals surface area contributed by atoms with Gasteiger partial charge in [-0.05, 0) is 47.5 Å². The zero-order valence-corrected chi connectivity index (χ0v) is 18.6. The number of para-hydroxylation sites is 4. The molecule has 1 aromatic heterocycles. The highest BCUT2D eigenvalue weighted by Crippen LogP contribution is 2.35. The summed E-state index contributed by atoms with van der Waals surface area (Å²) in [6.45, 7) is 0. The number of anilines is 3. The topological polar surface area (TPSA) is 41.2 Å². The van der Waals surface area contributed by atoms with E-state index in [2.05, 4.69) is 63.2 Å². The zero-order chi connectivity index (χ0) is 22.8. The molecule has 0 saturated carbocycles. The number of carbonyl (C=O) groups is 1. The molecule has 5 aromatic rings. The first-order chi connectivity index (χ1) is 16.2. The summed E-state index contributed by atoms with van der Waals surface area (Å²) in [7, 11) is 3.90. The maximum Gasteiger partial charge on any atom is 0.249 e. The molecule has 5 rings (SSSR count). The van der Waals surface area contributed by atoms with Crippen LogP contribution < -0.4 is 14.8 Å². The minimum Gasteiger partial charge on any atom is -0.386 e. The number of carbonyl (C=O) groups excluding carboxylic acids is 1. The lowest BCUT2D eigenvalue weighted by Gasteiger charge is -2.22. The Morgan fingerprint density at radius 3 is 2.36 bits per heavy atom. The normalized spacial score (nSPS) is 10.8. The van der Waals surface area contributed by atoms with Gasteiger partial charge >= 0.3 is 0 Å². The third-order valence-corrected chi connectivity index (χ3v) is 5.91. The third kappa shape index (κ3) is 3.74. The van der Waals surface area contributed by atoms with Crippen molar-refractivity contribution in [2.75, 3.05) is 17.3 Å². The maximum absolute atomic E-state index is 12.4. The van der Waals surface area contributed by atoms with Crippen molar-refractivity contribution in [1.82, 2.24) is 4.57 Å². The minimum absolute atomic E-state index is 0.796. The highest BCUT2D eigenvalue weighted by molar-refractivity contribution is 5.93. The van der Waals surface area contributed by atoms with Gasteiger partial charge in [-0.25, -0.2) is 4.57 Å². The fraction of sp³-hybridized carbons (Fsp3) is 0.0714. The van der Waals surface area contributed by atoms with E-state index in [0.29, 0.717) is 0 Å². The van der Waals surface area contributed by atoms with Gasteiger partial charge in [-0.3, -0.25) is 9.69 Å². The van der Waals surface area contributed by atoms with Crippen molar-refractivity contribution >= 4 is 34.5 Å². The Kier molecular flexibility index (Phi) is 5.37. The van der Waals surface area contributed by atoms with E-state index >= 15 is 0 Å². The van der Waals surface area contributed by atoms with Gasteiger partial charge in [0.05, 0.1) is 24.1 Å². The number of rotatable bonds is 6. The van der Waals surface area contributed by atoms with Crippen molar-refractivity contribution in [3.8, 4) is 16.8 Å². The average Bonchev–Trinajstić information content (AvgIpc) is 3.22. The number of nitrogens with zero attached hydrogens (tertiary/aromatic N) is 3. The molecule has 1 N–H and O–H groups in total. The molecule has 0 aliphatic rings. The number of nitrogens with one attached hydrogen (secondary N) is 1. The van der Waals surface area contributed by atoms with Gasteiger partial charge in [0.1, 0.15) is 5.69 Å². The molecule has 1 heterocycles. The highest BCUT2D eigenvalue weighted by atomic mass is 16.1. The zero-order valence-electron chi connectivity index (χ0n) is 18.6. The van der Waals surface area contributed by atoms with E-state index in [1.54, 1.807) is 4.90 Å². The molecular weight excluding hydrogens is 408 g/mol. The van der Waals surface area contributed by atoms with Crippen LogP contribution in [0.25, 0.3) is 27.8 Å². The Balaban J connectivity index is 1.75. The maximum atomic E-state index is 12.4. The van der Waals surface area contributed by atoms with Crippen molar-refractivity contribution < 1.29 is 9.36 Å². The SMILES string of the molecule is CNc1ccccc1N(C=O)c1cc(-c2ccccc2)cc(-n2c[n+](C)c3ccccc32)c1. The minimum atomic E-state index is 0.796. The summed E-state index contributed by atoms with van der Waals surface area (Å²) in [4.78, 5) is 14.1. The summed E-state index contributed by atoms with van der Waals surface area (Å²) in [6, 6.07) is 32.6. The second kappa shape index (κ2) is 8.63. The van der Waals surface area contributed by atoms with Gasteiger partial charge in [-0.15, -0.1) is 0 Å². The van der Waals surface area contributed by atoms with Gasteiger partial charge in [0.25, 0.3) is 0 Å². The number of hydrogen-bond acceptors (Lipinski definition) is 2. The van der Waals surface area contributed by atoms with E-state index in [4.69, 9.17) is 0 Å².